The molecule has 0 aliphatic carbocycles. The standard InChI is InChI=1S/C23H15ClN2O5/c24-21-12-15(10-19(13-25)17-5-7-20(8-6-17)26(29)30)4-9-22(21)31-14-16-2-1-3-18(11-16)23(27)28/h1-12H,14H2,(H,27,28)/b19-10-. The molecule has 0 radical (unpaired) electrons. The highest BCUT2D eigenvalue weighted by molar-refractivity contribution is 6.32. The molecular formula is C23H15ClN2O5. The number of nitrogens with zero attached hydrogens (tertiary/aromatic N) is 2. The molecule has 3 rings (SSSR count). The SMILES string of the molecule is N#C/C(=C/c1ccc(OCc2cccc(C(=O)O)c2)c(Cl)c1)c1ccc([N+](=O)[O-])cc1. The zero-order valence-corrected chi connectivity index (χ0v) is 16.7. The number of carboxylic acids is 1. The molecular weight excluding hydrogens is 420 g/mol. The van der Waals surface area contributed by atoms with E-state index in [0.717, 1.165) is 0 Å². The zero-order chi connectivity index (χ0) is 22.4. The van der Waals surface area contributed by atoms with E-state index in [1.165, 1.54) is 36.4 Å². The van der Waals surface area contributed by atoms with Gasteiger partial charge in [-0.2, -0.15) is 5.26 Å². The van der Waals surface area contributed by atoms with Crippen molar-refractivity contribution in [1.82, 2.24) is 0 Å². The summed E-state index contributed by atoms with van der Waals surface area (Å²) in [7, 11) is 0. The largest absolute Gasteiger partial charge is 0.487 e. The average molecular weight is 435 g/mol. The van der Waals surface area contributed by atoms with Crippen LogP contribution in [0.5, 0.6) is 5.75 Å². The third-order valence-electron chi connectivity index (χ3n) is 4.34. The lowest BCUT2D eigenvalue weighted by atomic mass is 10.0. The zero-order valence-electron chi connectivity index (χ0n) is 16.0. The van der Waals surface area contributed by atoms with Crippen LogP contribution >= 0.6 is 11.6 Å². The number of non-ortho nitro benzene ring substituents is 1. The van der Waals surface area contributed by atoms with Crippen LogP contribution in [-0.2, 0) is 6.61 Å². The summed E-state index contributed by atoms with van der Waals surface area (Å²) in [6.07, 6.45) is 1.62. The predicted octanol–water partition coefficient (Wildman–Crippen LogP) is 5.59. The molecule has 0 unspecified atom stereocenters. The van der Waals surface area contributed by atoms with E-state index in [0.29, 0.717) is 33.0 Å². The van der Waals surface area contributed by atoms with Gasteiger partial charge < -0.3 is 9.84 Å². The lowest BCUT2D eigenvalue weighted by molar-refractivity contribution is -0.384. The van der Waals surface area contributed by atoms with Crippen molar-refractivity contribution in [2.45, 2.75) is 6.61 Å². The van der Waals surface area contributed by atoms with Gasteiger partial charge in [0.25, 0.3) is 5.69 Å². The maximum Gasteiger partial charge on any atom is 0.335 e. The van der Waals surface area contributed by atoms with Gasteiger partial charge in [0.15, 0.2) is 0 Å². The number of carbonyl (C=O) groups is 1. The van der Waals surface area contributed by atoms with Crippen LogP contribution in [0.4, 0.5) is 5.69 Å². The Bertz CT molecular complexity index is 1210. The van der Waals surface area contributed by atoms with Crippen molar-refractivity contribution in [3.05, 3.63) is 104 Å². The minimum absolute atomic E-state index is 0.0560. The van der Waals surface area contributed by atoms with Gasteiger partial charge in [-0.1, -0.05) is 29.8 Å². The molecule has 0 atom stereocenters. The Kier molecular flexibility index (Phi) is 6.65. The first-order valence-corrected chi connectivity index (χ1v) is 9.36. The van der Waals surface area contributed by atoms with E-state index < -0.39 is 10.9 Å². The fourth-order valence-corrected chi connectivity index (χ4v) is 3.03. The molecule has 3 aromatic carbocycles. The lowest BCUT2D eigenvalue weighted by Crippen LogP contribution is -2.00. The van der Waals surface area contributed by atoms with Crippen LogP contribution in [0.3, 0.4) is 0 Å². The highest BCUT2D eigenvalue weighted by Gasteiger charge is 2.09. The smallest absolute Gasteiger partial charge is 0.335 e. The molecule has 0 saturated carbocycles. The van der Waals surface area contributed by atoms with Gasteiger partial charge in [0.1, 0.15) is 12.4 Å². The normalized spacial score (nSPS) is 10.9. The van der Waals surface area contributed by atoms with Gasteiger partial charge in [-0.25, -0.2) is 4.79 Å². The molecule has 0 bridgehead atoms. The second-order valence-electron chi connectivity index (χ2n) is 6.46. The summed E-state index contributed by atoms with van der Waals surface area (Å²) in [5.41, 5.74) is 2.32. The molecule has 8 heteroatoms. The fourth-order valence-electron chi connectivity index (χ4n) is 2.79. The van der Waals surface area contributed by atoms with Crippen LogP contribution in [0.25, 0.3) is 11.6 Å². The molecule has 7 nitrogen and oxygen atoms in total. The number of hydrogen-bond donors (Lipinski definition) is 1. The number of nitro benzene ring substituents is 1. The van der Waals surface area contributed by atoms with E-state index in [2.05, 4.69) is 6.07 Å². The second-order valence-corrected chi connectivity index (χ2v) is 6.87. The van der Waals surface area contributed by atoms with Gasteiger partial charge >= 0.3 is 5.97 Å². The Morgan fingerprint density at radius 3 is 2.48 bits per heavy atom. The molecule has 0 aliphatic rings. The van der Waals surface area contributed by atoms with E-state index in [4.69, 9.17) is 21.4 Å². The molecule has 3 aromatic rings. The first-order valence-electron chi connectivity index (χ1n) is 8.98. The Hall–Kier alpha value is -4.15. The topological polar surface area (TPSA) is 113 Å². The summed E-state index contributed by atoms with van der Waals surface area (Å²) in [6, 6.07) is 19.2. The van der Waals surface area contributed by atoms with Gasteiger partial charge in [0.2, 0.25) is 0 Å². The maximum atomic E-state index is 11.1. The van der Waals surface area contributed by atoms with E-state index in [1.807, 2.05) is 0 Å². The number of benzene rings is 3. The van der Waals surface area contributed by atoms with Crippen LogP contribution in [0.2, 0.25) is 5.02 Å². The summed E-state index contributed by atoms with van der Waals surface area (Å²) in [6.45, 7) is 0.141. The monoisotopic (exact) mass is 434 g/mol. The van der Waals surface area contributed by atoms with Crippen molar-refractivity contribution in [1.29, 1.82) is 5.26 Å². The van der Waals surface area contributed by atoms with E-state index >= 15 is 0 Å². The summed E-state index contributed by atoms with van der Waals surface area (Å²) in [5.74, 6) is -0.606. The summed E-state index contributed by atoms with van der Waals surface area (Å²) < 4.78 is 5.69. The van der Waals surface area contributed by atoms with Crippen molar-refractivity contribution in [3.8, 4) is 11.8 Å². The minimum atomic E-state index is -1.02. The molecule has 0 fully saturated rings. The fraction of sp³-hybridized carbons (Fsp3) is 0.0435. The number of ether oxygens (including phenoxy) is 1. The predicted molar refractivity (Wildman–Crippen MR) is 116 cm³/mol. The molecule has 31 heavy (non-hydrogen) atoms. The number of carboxylic acid groups (broad SMARTS) is 1. The third-order valence-corrected chi connectivity index (χ3v) is 4.64. The number of nitro groups is 1. The van der Waals surface area contributed by atoms with Crippen molar-refractivity contribution in [2.75, 3.05) is 0 Å². The van der Waals surface area contributed by atoms with E-state index in [-0.39, 0.29) is 17.9 Å². The molecule has 154 valence electrons. The van der Waals surface area contributed by atoms with E-state index in [9.17, 15) is 20.2 Å². The first kappa shape index (κ1) is 21.6. The van der Waals surface area contributed by atoms with Crippen molar-refractivity contribution in [2.24, 2.45) is 0 Å². The number of hydrogen-bond acceptors (Lipinski definition) is 5. The van der Waals surface area contributed by atoms with E-state index in [1.54, 1.807) is 36.4 Å². The van der Waals surface area contributed by atoms with Crippen LogP contribution in [0.15, 0.2) is 66.7 Å². The van der Waals surface area contributed by atoms with Crippen LogP contribution in [0, 0.1) is 21.4 Å². The van der Waals surface area contributed by atoms with Crippen LogP contribution in [0.1, 0.15) is 27.0 Å². The highest BCUT2D eigenvalue weighted by atomic mass is 35.5. The Labute approximate surface area is 182 Å². The molecule has 0 saturated heterocycles. The molecule has 1 N–H and O–H groups in total. The number of nitriles is 1. The molecule has 0 spiro atoms. The Balaban J connectivity index is 1.76. The van der Waals surface area contributed by atoms with Crippen molar-refractivity contribution < 1.29 is 19.6 Å². The summed E-state index contributed by atoms with van der Waals surface area (Å²) in [4.78, 5) is 21.3. The van der Waals surface area contributed by atoms with Gasteiger partial charge in [0, 0.05) is 12.1 Å². The lowest BCUT2D eigenvalue weighted by Gasteiger charge is -2.09. The number of halogens is 1. The van der Waals surface area contributed by atoms with Crippen molar-refractivity contribution in [3.63, 3.8) is 0 Å². The van der Waals surface area contributed by atoms with Gasteiger partial charge in [-0.3, -0.25) is 10.1 Å². The average Bonchev–Trinajstić information content (AvgIpc) is 2.77. The van der Waals surface area contributed by atoms with Crippen LogP contribution < -0.4 is 4.74 Å². The Morgan fingerprint density at radius 2 is 1.87 bits per heavy atom. The maximum absolute atomic E-state index is 11.1. The first-order chi connectivity index (χ1) is 14.9. The minimum Gasteiger partial charge on any atom is -0.487 e. The van der Waals surface area contributed by atoms with Gasteiger partial charge in [-0.05, 0) is 59.2 Å². The number of allylic oxidation sites excluding steroid dienone is 1. The second kappa shape index (κ2) is 9.57. The summed E-state index contributed by atoms with van der Waals surface area (Å²) in [5, 5.41) is 29.6. The Morgan fingerprint density at radius 1 is 1.13 bits per heavy atom. The molecule has 0 aliphatic heterocycles. The van der Waals surface area contributed by atoms with Crippen LogP contribution in [-0.4, -0.2) is 16.0 Å². The van der Waals surface area contributed by atoms with Gasteiger partial charge in [-0.15, -0.1) is 0 Å². The van der Waals surface area contributed by atoms with Gasteiger partial charge in [0.05, 0.1) is 27.2 Å². The molecule has 0 amide bonds. The summed E-state index contributed by atoms with van der Waals surface area (Å²) >= 11 is 6.30. The molecule has 0 heterocycles. The molecule has 0 aromatic heterocycles. The third kappa shape index (κ3) is 5.47. The number of rotatable bonds is 7. The quantitative estimate of drug-likeness (QED) is 0.224. The van der Waals surface area contributed by atoms with Crippen molar-refractivity contribution >= 4 is 34.9 Å². The number of aromatic carboxylic acids is 1. The highest BCUT2D eigenvalue weighted by Crippen LogP contribution is 2.28.